The van der Waals surface area contributed by atoms with Gasteiger partial charge in [0, 0.05) is 12.8 Å². The summed E-state index contributed by atoms with van der Waals surface area (Å²) in [7, 11) is 0. The minimum Gasteiger partial charge on any atom is -0.291 e. The zero-order valence-corrected chi connectivity index (χ0v) is 12.3. The van der Waals surface area contributed by atoms with Gasteiger partial charge in [0.05, 0.1) is 0 Å². The summed E-state index contributed by atoms with van der Waals surface area (Å²) in [5.74, 6) is -0.441. The first-order valence-electron chi connectivity index (χ1n) is 7.35. The van der Waals surface area contributed by atoms with Crippen molar-refractivity contribution in [2.45, 2.75) is 32.1 Å². The molecule has 2 nitrogen and oxygen atoms in total. The Morgan fingerprint density at radius 1 is 0.857 bits per heavy atom. The normalized spacial score (nSPS) is 11.9. The van der Waals surface area contributed by atoms with Crippen molar-refractivity contribution in [3.63, 3.8) is 0 Å². The monoisotopic (exact) mass is 280 g/mol. The molecule has 0 N–H and O–H groups in total. The van der Waals surface area contributed by atoms with Gasteiger partial charge in [-0.1, -0.05) is 67.6 Å². The number of carbonyl (C=O) groups is 2. The summed E-state index contributed by atoms with van der Waals surface area (Å²) in [6.07, 6.45) is 1.35. The van der Waals surface area contributed by atoms with Crippen LogP contribution in [0.3, 0.4) is 0 Å². The SMILES string of the molecule is CCC(CC(=O)C(=O)Cc1ccccc1)c1ccccc1. The van der Waals surface area contributed by atoms with Gasteiger partial charge in [-0.25, -0.2) is 0 Å². The molecule has 0 aliphatic heterocycles. The molecule has 0 fully saturated rings. The Balaban J connectivity index is 1.98. The smallest absolute Gasteiger partial charge is 0.202 e. The van der Waals surface area contributed by atoms with Crippen molar-refractivity contribution < 1.29 is 9.59 Å². The second-order valence-electron chi connectivity index (χ2n) is 5.23. The van der Waals surface area contributed by atoms with E-state index in [1.54, 1.807) is 0 Å². The Hall–Kier alpha value is -2.22. The molecule has 0 aliphatic carbocycles. The molecule has 1 unspecified atom stereocenters. The second-order valence-corrected chi connectivity index (χ2v) is 5.23. The van der Waals surface area contributed by atoms with Gasteiger partial charge in [-0.3, -0.25) is 9.59 Å². The summed E-state index contributed by atoms with van der Waals surface area (Å²) in [6.45, 7) is 2.05. The fraction of sp³-hybridized carbons (Fsp3) is 0.263. The van der Waals surface area contributed by atoms with E-state index < -0.39 is 0 Å². The number of hydrogen-bond donors (Lipinski definition) is 0. The van der Waals surface area contributed by atoms with Crippen LogP contribution < -0.4 is 0 Å². The summed E-state index contributed by atoms with van der Waals surface area (Å²) >= 11 is 0. The van der Waals surface area contributed by atoms with Crippen molar-refractivity contribution in [2.24, 2.45) is 0 Å². The first-order valence-corrected chi connectivity index (χ1v) is 7.35. The van der Waals surface area contributed by atoms with E-state index in [0.29, 0.717) is 6.42 Å². The molecule has 108 valence electrons. The molecule has 21 heavy (non-hydrogen) atoms. The molecule has 0 saturated carbocycles. The molecule has 2 aromatic rings. The van der Waals surface area contributed by atoms with Gasteiger partial charge in [-0.15, -0.1) is 0 Å². The largest absolute Gasteiger partial charge is 0.291 e. The highest BCUT2D eigenvalue weighted by Gasteiger charge is 2.20. The van der Waals surface area contributed by atoms with Crippen LogP contribution in [0.1, 0.15) is 36.8 Å². The lowest BCUT2D eigenvalue weighted by Gasteiger charge is -2.14. The van der Waals surface area contributed by atoms with E-state index in [2.05, 4.69) is 0 Å². The fourth-order valence-electron chi connectivity index (χ4n) is 2.44. The van der Waals surface area contributed by atoms with Gasteiger partial charge in [0.1, 0.15) is 0 Å². The van der Waals surface area contributed by atoms with Crippen LogP contribution >= 0.6 is 0 Å². The summed E-state index contributed by atoms with van der Waals surface area (Å²) in [5.41, 5.74) is 2.02. The molecule has 0 aromatic heterocycles. The Labute approximate surface area is 125 Å². The maximum atomic E-state index is 12.1. The van der Waals surface area contributed by atoms with E-state index in [0.717, 1.165) is 17.5 Å². The summed E-state index contributed by atoms with van der Waals surface area (Å²) < 4.78 is 0. The maximum Gasteiger partial charge on any atom is 0.202 e. The molecule has 0 aliphatic rings. The number of ketones is 2. The predicted octanol–water partition coefficient (Wildman–Crippen LogP) is 3.95. The number of rotatable bonds is 7. The number of Topliss-reactive ketones (excluding diaryl/α,β-unsaturated/α-hetero) is 2. The molecular formula is C19H20O2. The average Bonchev–Trinajstić information content (AvgIpc) is 2.54. The van der Waals surface area contributed by atoms with Crippen molar-refractivity contribution in [1.82, 2.24) is 0 Å². The first-order chi connectivity index (χ1) is 10.2. The summed E-state index contributed by atoms with van der Waals surface area (Å²) in [6, 6.07) is 19.3. The molecule has 2 rings (SSSR count). The average molecular weight is 280 g/mol. The zero-order chi connectivity index (χ0) is 15.1. The van der Waals surface area contributed by atoms with Crippen LogP contribution in [0.25, 0.3) is 0 Å². The zero-order valence-electron chi connectivity index (χ0n) is 12.3. The van der Waals surface area contributed by atoms with Crippen LogP contribution in [0.2, 0.25) is 0 Å². The Morgan fingerprint density at radius 3 is 2.00 bits per heavy atom. The molecule has 1 atom stereocenters. The lowest BCUT2D eigenvalue weighted by Crippen LogP contribution is -2.19. The third-order valence-electron chi connectivity index (χ3n) is 3.71. The number of hydrogen-bond acceptors (Lipinski definition) is 2. The van der Waals surface area contributed by atoms with E-state index in [9.17, 15) is 9.59 Å². The number of carbonyl (C=O) groups excluding carboxylic acids is 2. The van der Waals surface area contributed by atoms with Gasteiger partial charge in [0.25, 0.3) is 0 Å². The summed E-state index contributed by atoms with van der Waals surface area (Å²) in [4.78, 5) is 24.2. The van der Waals surface area contributed by atoms with Crippen molar-refractivity contribution in [3.05, 3.63) is 71.8 Å². The Bertz CT molecular complexity index is 587. The third kappa shape index (κ3) is 4.38. The van der Waals surface area contributed by atoms with Crippen LogP contribution in [-0.4, -0.2) is 11.6 Å². The molecule has 0 saturated heterocycles. The van der Waals surface area contributed by atoms with E-state index >= 15 is 0 Å². The predicted molar refractivity (Wildman–Crippen MR) is 84.3 cm³/mol. The topological polar surface area (TPSA) is 34.1 Å². The van der Waals surface area contributed by atoms with E-state index in [1.165, 1.54) is 0 Å². The summed E-state index contributed by atoms with van der Waals surface area (Å²) in [5, 5.41) is 0. The molecule has 2 heteroatoms. The van der Waals surface area contributed by atoms with Gasteiger partial charge in [-0.2, -0.15) is 0 Å². The maximum absolute atomic E-state index is 12.1. The quantitative estimate of drug-likeness (QED) is 0.720. The molecular weight excluding hydrogens is 260 g/mol. The van der Waals surface area contributed by atoms with E-state index in [1.807, 2.05) is 67.6 Å². The lowest BCUT2D eigenvalue weighted by molar-refractivity contribution is -0.136. The molecule has 0 radical (unpaired) electrons. The molecule has 0 spiro atoms. The first kappa shape index (κ1) is 15.2. The van der Waals surface area contributed by atoms with E-state index in [-0.39, 0.29) is 23.9 Å². The van der Waals surface area contributed by atoms with Crippen LogP contribution in [0, 0.1) is 0 Å². The van der Waals surface area contributed by atoms with Crippen molar-refractivity contribution >= 4 is 11.6 Å². The second kappa shape index (κ2) is 7.53. The van der Waals surface area contributed by atoms with Crippen molar-refractivity contribution in [3.8, 4) is 0 Å². The van der Waals surface area contributed by atoms with Gasteiger partial charge in [0.2, 0.25) is 5.78 Å². The highest BCUT2D eigenvalue weighted by atomic mass is 16.2. The minimum absolute atomic E-state index is 0.124. The highest BCUT2D eigenvalue weighted by Crippen LogP contribution is 2.23. The number of benzene rings is 2. The van der Waals surface area contributed by atoms with Crippen LogP contribution in [-0.2, 0) is 16.0 Å². The van der Waals surface area contributed by atoms with Gasteiger partial charge in [-0.05, 0) is 23.5 Å². The standard InChI is InChI=1S/C19H20O2/c1-2-16(17-11-7-4-8-12-17)14-19(21)18(20)13-15-9-5-3-6-10-15/h3-12,16H,2,13-14H2,1H3. The van der Waals surface area contributed by atoms with Crippen LogP contribution in [0.4, 0.5) is 0 Å². The van der Waals surface area contributed by atoms with Crippen LogP contribution in [0.15, 0.2) is 60.7 Å². The highest BCUT2D eigenvalue weighted by molar-refractivity contribution is 6.37. The third-order valence-corrected chi connectivity index (χ3v) is 3.71. The molecule has 0 amide bonds. The fourth-order valence-corrected chi connectivity index (χ4v) is 2.44. The van der Waals surface area contributed by atoms with Gasteiger partial charge >= 0.3 is 0 Å². The lowest BCUT2D eigenvalue weighted by atomic mass is 9.89. The van der Waals surface area contributed by atoms with Gasteiger partial charge < -0.3 is 0 Å². The Kier molecular flexibility index (Phi) is 5.44. The van der Waals surface area contributed by atoms with E-state index in [4.69, 9.17) is 0 Å². The van der Waals surface area contributed by atoms with Gasteiger partial charge in [0.15, 0.2) is 5.78 Å². The Morgan fingerprint density at radius 2 is 1.43 bits per heavy atom. The molecule has 0 bridgehead atoms. The van der Waals surface area contributed by atoms with Crippen molar-refractivity contribution in [1.29, 1.82) is 0 Å². The van der Waals surface area contributed by atoms with Crippen molar-refractivity contribution in [2.75, 3.05) is 0 Å². The molecule has 2 aromatic carbocycles. The van der Waals surface area contributed by atoms with Crippen LogP contribution in [0.5, 0.6) is 0 Å². The molecule has 0 heterocycles. The minimum atomic E-state index is -0.296.